The molecule has 27 heavy (non-hydrogen) atoms. The molecule has 0 saturated heterocycles. The molecule has 3 rings (SSSR count). The number of nitrogens with one attached hydrogen (secondary N) is 2. The molecule has 2 N–H and O–H groups in total. The Labute approximate surface area is 161 Å². The van der Waals surface area contributed by atoms with Crippen molar-refractivity contribution >= 4 is 17.5 Å². The summed E-state index contributed by atoms with van der Waals surface area (Å²) >= 11 is 0. The number of carbonyl (C=O) groups is 2. The van der Waals surface area contributed by atoms with E-state index in [9.17, 15) is 9.59 Å². The topological polar surface area (TPSA) is 58.2 Å². The fourth-order valence-electron chi connectivity index (χ4n) is 3.89. The third-order valence-corrected chi connectivity index (χ3v) is 5.39. The molecule has 1 aliphatic carbocycles. The number of rotatable bonds is 7. The summed E-state index contributed by atoms with van der Waals surface area (Å²) < 4.78 is 0. The monoisotopic (exact) mass is 364 g/mol. The van der Waals surface area contributed by atoms with E-state index in [-0.39, 0.29) is 11.8 Å². The molecule has 0 spiro atoms. The molecule has 0 heterocycles. The number of amides is 2. The summed E-state index contributed by atoms with van der Waals surface area (Å²) in [5, 5.41) is 6.02. The summed E-state index contributed by atoms with van der Waals surface area (Å²) in [5.74, 6) is 0.149. The summed E-state index contributed by atoms with van der Waals surface area (Å²) in [6.07, 6.45) is 5.36. The van der Waals surface area contributed by atoms with Crippen LogP contribution in [0, 0.1) is 0 Å². The van der Waals surface area contributed by atoms with Gasteiger partial charge in [-0.1, -0.05) is 62.2 Å². The highest BCUT2D eigenvalue weighted by atomic mass is 16.2. The number of benzene rings is 2. The van der Waals surface area contributed by atoms with Gasteiger partial charge >= 0.3 is 0 Å². The minimum Gasteiger partial charge on any atom is -0.351 e. The van der Waals surface area contributed by atoms with Gasteiger partial charge in [-0.05, 0) is 42.5 Å². The first kappa shape index (κ1) is 19.2. The molecule has 0 unspecified atom stereocenters. The van der Waals surface area contributed by atoms with Crippen LogP contribution in [-0.2, 0) is 21.5 Å². The van der Waals surface area contributed by atoms with E-state index in [0.29, 0.717) is 13.0 Å². The highest BCUT2D eigenvalue weighted by Gasteiger charge is 2.42. The second kappa shape index (κ2) is 8.85. The van der Waals surface area contributed by atoms with Crippen LogP contribution in [0.15, 0.2) is 54.6 Å². The van der Waals surface area contributed by atoms with Crippen LogP contribution in [0.1, 0.15) is 56.6 Å². The van der Waals surface area contributed by atoms with Crippen LogP contribution in [0.3, 0.4) is 0 Å². The SMILES string of the molecule is CCCC(=O)Nc1ccc(CNC(=O)C2(c3ccccc3)CCCC2)cc1. The third-order valence-electron chi connectivity index (χ3n) is 5.39. The predicted molar refractivity (Wildman–Crippen MR) is 108 cm³/mol. The first-order valence-corrected chi connectivity index (χ1v) is 9.87. The Morgan fingerprint density at radius 3 is 2.26 bits per heavy atom. The highest BCUT2D eigenvalue weighted by Crippen LogP contribution is 2.41. The van der Waals surface area contributed by atoms with E-state index in [2.05, 4.69) is 22.8 Å². The first-order valence-electron chi connectivity index (χ1n) is 9.87. The van der Waals surface area contributed by atoms with E-state index in [1.165, 1.54) is 0 Å². The Kier molecular flexibility index (Phi) is 6.28. The van der Waals surface area contributed by atoms with Crippen molar-refractivity contribution < 1.29 is 9.59 Å². The molecule has 4 heteroatoms. The van der Waals surface area contributed by atoms with Crippen LogP contribution in [0.25, 0.3) is 0 Å². The Morgan fingerprint density at radius 2 is 1.63 bits per heavy atom. The number of hydrogen-bond donors (Lipinski definition) is 2. The van der Waals surface area contributed by atoms with Crippen LogP contribution in [-0.4, -0.2) is 11.8 Å². The van der Waals surface area contributed by atoms with E-state index in [1.807, 2.05) is 49.4 Å². The minimum atomic E-state index is -0.394. The molecule has 4 nitrogen and oxygen atoms in total. The van der Waals surface area contributed by atoms with Crippen molar-refractivity contribution in [3.63, 3.8) is 0 Å². The van der Waals surface area contributed by atoms with Crippen molar-refractivity contribution in [3.05, 3.63) is 65.7 Å². The zero-order chi connectivity index (χ0) is 19.1. The molecule has 2 aromatic carbocycles. The Hall–Kier alpha value is -2.62. The van der Waals surface area contributed by atoms with E-state index >= 15 is 0 Å². The lowest BCUT2D eigenvalue weighted by Crippen LogP contribution is -2.42. The van der Waals surface area contributed by atoms with Crippen LogP contribution in [0.2, 0.25) is 0 Å². The van der Waals surface area contributed by atoms with Gasteiger partial charge in [0.25, 0.3) is 0 Å². The Morgan fingerprint density at radius 1 is 0.963 bits per heavy atom. The van der Waals surface area contributed by atoms with Crippen LogP contribution in [0.4, 0.5) is 5.69 Å². The van der Waals surface area contributed by atoms with Crippen molar-refractivity contribution in [1.82, 2.24) is 5.32 Å². The average molecular weight is 364 g/mol. The van der Waals surface area contributed by atoms with E-state index in [4.69, 9.17) is 0 Å². The van der Waals surface area contributed by atoms with Gasteiger partial charge in [-0.25, -0.2) is 0 Å². The van der Waals surface area contributed by atoms with Crippen LogP contribution in [0.5, 0.6) is 0 Å². The Bertz CT molecular complexity index is 763. The van der Waals surface area contributed by atoms with Gasteiger partial charge in [-0.3, -0.25) is 9.59 Å². The summed E-state index contributed by atoms with van der Waals surface area (Å²) in [4.78, 5) is 24.7. The Balaban J connectivity index is 1.62. The number of carbonyl (C=O) groups excluding carboxylic acids is 2. The van der Waals surface area contributed by atoms with Crippen molar-refractivity contribution in [2.24, 2.45) is 0 Å². The largest absolute Gasteiger partial charge is 0.351 e. The molecule has 142 valence electrons. The van der Waals surface area contributed by atoms with Crippen molar-refractivity contribution in [2.45, 2.75) is 57.4 Å². The molecule has 0 aromatic heterocycles. The molecule has 0 bridgehead atoms. The zero-order valence-electron chi connectivity index (χ0n) is 16.0. The molecule has 1 aliphatic rings. The van der Waals surface area contributed by atoms with Gasteiger partial charge in [0, 0.05) is 18.7 Å². The molecule has 1 saturated carbocycles. The van der Waals surface area contributed by atoms with Gasteiger partial charge in [-0.2, -0.15) is 0 Å². The molecular formula is C23H28N2O2. The fourth-order valence-corrected chi connectivity index (χ4v) is 3.89. The molecule has 2 amide bonds. The summed E-state index contributed by atoms with van der Waals surface area (Å²) in [6, 6.07) is 17.8. The second-order valence-electron chi connectivity index (χ2n) is 7.33. The van der Waals surface area contributed by atoms with Crippen LogP contribution >= 0.6 is 0 Å². The van der Waals surface area contributed by atoms with Gasteiger partial charge in [0.2, 0.25) is 11.8 Å². The van der Waals surface area contributed by atoms with Gasteiger partial charge in [0.05, 0.1) is 5.41 Å². The number of hydrogen-bond acceptors (Lipinski definition) is 2. The smallest absolute Gasteiger partial charge is 0.230 e. The molecule has 1 fully saturated rings. The van der Waals surface area contributed by atoms with E-state index in [1.54, 1.807) is 0 Å². The average Bonchev–Trinajstić information content (AvgIpc) is 3.19. The lowest BCUT2D eigenvalue weighted by atomic mass is 9.78. The number of anilines is 1. The van der Waals surface area contributed by atoms with Crippen molar-refractivity contribution in [3.8, 4) is 0 Å². The van der Waals surface area contributed by atoms with Crippen LogP contribution < -0.4 is 10.6 Å². The summed E-state index contributed by atoms with van der Waals surface area (Å²) in [7, 11) is 0. The molecular weight excluding hydrogens is 336 g/mol. The lowest BCUT2D eigenvalue weighted by Gasteiger charge is -2.28. The highest BCUT2D eigenvalue weighted by molar-refractivity contribution is 5.90. The molecule has 0 aliphatic heterocycles. The first-order chi connectivity index (χ1) is 13.1. The maximum Gasteiger partial charge on any atom is 0.230 e. The standard InChI is InChI=1S/C23H28N2O2/c1-2-8-21(26)25-20-13-11-18(12-14-20)17-24-22(27)23(15-6-7-16-23)19-9-4-3-5-10-19/h3-5,9-14H,2,6-8,15-17H2,1H3,(H,24,27)(H,25,26). The van der Waals surface area contributed by atoms with Gasteiger partial charge in [0.15, 0.2) is 0 Å². The maximum atomic E-state index is 13.1. The quantitative estimate of drug-likeness (QED) is 0.757. The third kappa shape index (κ3) is 4.57. The van der Waals surface area contributed by atoms with E-state index in [0.717, 1.165) is 48.9 Å². The van der Waals surface area contributed by atoms with Crippen molar-refractivity contribution in [2.75, 3.05) is 5.32 Å². The molecule has 0 atom stereocenters. The summed E-state index contributed by atoms with van der Waals surface area (Å²) in [5.41, 5.74) is 2.54. The summed E-state index contributed by atoms with van der Waals surface area (Å²) in [6.45, 7) is 2.48. The maximum absolute atomic E-state index is 13.1. The van der Waals surface area contributed by atoms with Gasteiger partial charge in [-0.15, -0.1) is 0 Å². The molecule has 2 aromatic rings. The van der Waals surface area contributed by atoms with Gasteiger partial charge < -0.3 is 10.6 Å². The predicted octanol–water partition coefficient (Wildman–Crippen LogP) is 4.55. The van der Waals surface area contributed by atoms with Gasteiger partial charge in [0.1, 0.15) is 0 Å². The fraction of sp³-hybridized carbons (Fsp3) is 0.391. The minimum absolute atomic E-state index is 0.0320. The second-order valence-corrected chi connectivity index (χ2v) is 7.33. The van der Waals surface area contributed by atoms with E-state index < -0.39 is 5.41 Å². The molecule has 0 radical (unpaired) electrons. The van der Waals surface area contributed by atoms with Crippen molar-refractivity contribution in [1.29, 1.82) is 0 Å². The normalized spacial score (nSPS) is 15.3. The zero-order valence-corrected chi connectivity index (χ0v) is 16.0. The lowest BCUT2D eigenvalue weighted by molar-refractivity contribution is -0.126.